The molecule has 0 bridgehead atoms. The van der Waals surface area contributed by atoms with Crippen LogP contribution >= 0.6 is 12.6 Å². The van der Waals surface area contributed by atoms with Gasteiger partial charge in [0.1, 0.15) is 0 Å². The number of rotatable bonds is 7. The van der Waals surface area contributed by atoms with E-state index >= 15 is 0 Å². The smallest absolute Gasteiger partial charge is 0.00926 e. The van der Waals surface area contributed by atoms with Gasteiger partial charge in [0.25, 0.3) is 0 Å². The maximum atomic E-state index is 4.26. The molecule has 1 nitrogen and oxygen atoms in total. The van der Waals surface area contributed by atoms with Crippen molar-refractivity contribution in [2.24, 2.45) is 0 Å². The molecule has 1 fully saturated rings. The fourth-order valence-electron chi connectivity index (χ4n) is 2.77. The lowest BCUT2D eigenvalue weighted by atomic mass is 10.1. The Hall–Kier alpha value is 0.310. The van der Waals surface area contributed by atoms with Crippen LogP contribution in [0.2, 0.25) is 0 Å². The summed E-state index contributed by atoms with van der Waals surface area (Å²) in [5, 5.41) is 0. The zero-order chi connectivity index (χ0) is 11.6. The lowest BCUT2D eigenvalue weighted by Crippen LogP contribution is -2.35. The highest BCUT2D eigenvalue weighted by molar-refractivity contribution is 7.80. The molecule has 0 aromatic rings. The van der Waals surface area contributed by atoms with Crippen LogP contribution in [0.1, 0.15) is 64.7 Å². The van der Waals surface area contributed by atoms with Gasteiger partial charge in [-0.2, -0.15) is 12.6 Å². The fraction of sp³-hybridized carbons (Fsp3) is 1.00. The Kier molecular flexibility index (Phi) is 8.40. The molecule has 0 aromatic carbocycles. The van der Waals surface area contributed by atoms with Crippen LogP contribution in [0.5, 0.6) is 0 Å². The van der Waals surface area contributed by atoms with E-state index in [0.717, 1.165) is 11.8 Å². The Balaban J connectivity index is 2.15. The Labute approximate surface area is 107 Å². The summed E-state index contributed by atoms with van der Waals surface area (Å²) in [4.78, 5) is 2.76. The van der Waals surface area contributed by atoms with Crippen molar-refractivity contribution >= 4 is 12.6 Å². The van der Waals surface area contributed by atoms with Gasteiger partial charge >= 0.3 is 0 Å². The predicted octanol–water partition coefficient (Wildman–Crippen LogP) is 4.13. The van der Waals surface area contributed by atoms with Crippen molar-refractivity contribution < 1.29 is 0 Å². The monoisotopic (exact) mass is 243 g/mol. The Morgan fingerprint density at radius 3 is 2.62 bits per heavy atom. The van der Waals surface area contributed by atoms with Crippen LogP contribution in [0.4, 0.5) is 0 Å². The van der Waals surface area contributed by atoms with Crippen LogP contribution in [0.3, 0.4) is 0 Å². The molecule has 1 atom stereocenters. The molecule has 1 aliphatic rings. The molecule has 0 radical (unpaired) electrons. The zero-order valence-corrected chi connectivity index (χ0v) is 11.9. The van der Waals surface area contributed by atoms with Gasteiger partial charge in [-0.1, -0.05) is 32.6 Å². The van der Waals surface area contributed by atoms with Crippen LogP contribution in [0, 0.1) is 0 Å². The Bertz CT molecular complexity index is 161. The zero-order valence-electron chi connectivity index (χ0n) is 11.0. The van der Waals surface area contributed by atoms with Crippen LogP contribution in [0.15, 0.2) is 0 Å². The summed E-state index contributed by atoms with van der Waals surface area (Å²) in [5.41, 5.74) is 0. The molecule has 0 aliphatic carbocycles. The summed E-state index contributed by atoms with van der Waals surface area (Å²) < 4.78 is 0. The first-order valence-electron chi connectivity index (χ1n) is 7.23. The summed E-state index contributed by atoms with van der Waals surface area (Å²) in [6.07, 6.45) is 12.6. The van der Waals surface area contributed by atoms with Gasteiger partial charge in [-0.25, -0.2) is 0 Å². The number of unbranched alkanes of at least 4 members (excludes halogenated alkanes) is 3. The third-order valence-electron chi connectivity index (χ3n) is 3.82. The van der Waals surface area contributed by atoms with E-state index in [1.54, 1.807) is 0 Å². The normalized spacial score (nSPS) is 23.2. The second kappa shape index (κ2) is 9.35. The molecule has 0 N–H and O–H groups in total. The highest BCUT2D eigenvalue weighted by Gasteiger charge is 2.18. The number of thiol groups is 1. The van der Waals surface area contributed by atoms with E-state index in [1.165, 1.54) is 70.9 Å². The molecule has 16 heavy (non-hydrogen) atoms. The second-order valence-electron chi connectivity index (χ2n) is 5.09. The fourth-order valence-corrected chi connectivity index (χ4v) is 3.00. The maximum Gasteiger partial charge on any atom is 0.00926 e. The molecule has 0 aromatic heterocycles. The van der Waals surface area contributed by atoms with Crippen molar-refractivity contribution in [3.05, 3.63) is 0 Å². The summed E-state index contributed by atoms with van der Waals surface area (Å²) in [5.74, 6) is 1.06. The van der Waals surface area contributed by atoms with Crippen LogP contribution in [-0.2, 0) is 0 Å². The quantitative estimate of drug-likeness (QED) is 0.520. The van der Waals surface area contributed by atoms with Crippen molar-refractivity contribution in [2.45, 2.75) is 70.8 Å². The SMILES string of the molecule is CCC1CCCCCN1CCCCCCS. The average Bonchev–Trinajstić information content (AvgIpc) is 2.53. The second-order valence-corrected chi connectivity index (χ2v) is 5.53. The van der Waals surface area contributed by atoms with E-state index in [9.17, 15) is 0 Å². The van der Waals surface area contributed by atoms with E-state index in [0.29, 0.717) is 0 Å². The van der Waals surface area contributed by atoms with Crippen molar-refractivity contribution in [3.8, 4) is 0 Å². The van der Waals surface area contributed by atoms with E-state index in [1.807, 2.05) is 0 Å². The van der Waals surface area contributed by atoms with Gasteiger partial charge in [-0.15, -0.1) is 0 Å². The third kappa shape index (κ3) is 5.58. The van der Waals surface area contributed by atoms with Gasteiger partial charge < -0.3 is 4.90 Å². The lowest BCUT2D eigenvalue weighted by Gasteiger charge is -2.29. The maximum absolute atomic E-state index is 4.26. The van der Waals surface area contributed by atoms with Crippen molar-refractivity contribution in [2.75, 3.05) is 18.8 Å². The van der Waals surface area contributed by atoms with Gasteiger partial charge in [-0.05, 0) is 50.9 Å². The minimum Gasteiger partial charge on any atom is -0.300 e. The van der Waals surface area contributed by atoms with Gasteiger partial charge in [0.05, 0.1) is 0 Å². The number of hydrogen-bond donors (Lipinski definition) is 1. The number of nitrogens with zero attached hydrogens (tertiary/aromatic N) is 1. The highest BCUT2D eigenvalue weighted by atomic mass is 32.1. The van der Waals surface area contributed by atoms with E-state index in [4.69, 9.17) is 0 Å². The number of hydrogen-bond acceptors (Lipinski definition) is 2. The van der Waals surface area contributed by atoms with Crippen molar-refractivity contribution in [3.63, 3.8) is 0 Å². The summed E-state index contributed by atoms with van der Waals surface area (Å²) >= 11 is 4.26. The Morgan fingerprint density at radius 1 is 1.06 bits per heavy atom. The summed E-state index contributed by atoms with van der Waals surface area (Å²) in [7, 11) is 0. The molecule has 2 heteroatoms. The lowest BCUT2D eigenvalue weighted by molar-refractivity contribution is 0.190. The summed E-state index contributed by atoms with van der Waals surface area (Å²) in [6, 6.07) is 0.882. The molecular weight excluding hydrogens is 214 g/mol. The first-order valence-corrected chi connectivity index (χ1v) is 7.86. The molecule has 0 saturated carbocycles. The molecule has 0 spiro atoms. The van der Waals surface area contributed by atoms with Gasteiger partial charge in [0.2, 0.25) is 0 Å². The third-order valence-corrected chi connectivity index (χ3v) is 4.14. The topological polar surface area (TPSA) is 3.24 Å². The largest absolute Gasteiger partial charge is 0.300 e. The minimum atomic E-state index is 0.882. The van der Waals surface area contributed by atoms with E-state index in [2.05, 4.69) is 24.5 Å². The minimum absolute atomic E-state index is 0.882. The molecule has 1 rings (SSSR count). The molecule has 0 amide bonds. The molecule has 1 heterocycles. The molecular formula is C14H29NS. The van der Waals surface area contributed by atoms with Crippen LogP contribution < -0.4 is 0 Å². The van der Waals surface area contributed by atoms with Crippen molar-refractivity contribution in [1.82, 2.24) is 4.90 Å². The Morgan fingerprint density at radius 2 is 1.88 bits per heavy atom. The van der Waals surface area contributed by atoms with Gasteiger partial charge in [-0.3, -0.25) is 0 Å². The van der Waals surface area contributed by atoms with Crippen molar-refractivity contribution in [1.29, 1.82) is 0 Å². The molecule has 96 valence electrons. The average molecular weight is 243 g/mol. The molecule has 1 saturated heterocycles. The molecule has 1 aliphatic heterocycles. The summed E-state index contributed by atoms with van der Waals surface area (Å²) in [6.45, 7) is 5.04. The highest BCUT2D eigenvalue weighted by Crippen LogP contribution is 2.19. The van der Waals surface area contributed by atoms with Gasteiger partial charge in [0, 0.05) is 6.04 Å². The molecule has 1 unspecified atom stereocenters. The van der Waals surface area contributed by atoms with Gasteiger partial charge in [0.15, 0.2) is 0 Å². The van der Waals surface area contributed by atoms with E-state index < -0.39 is 0 Å². The number of likely N-dealkylation sites (tertiary alicyclic amines) is 1. The van der Waals surface area contributed by atoms with Crippen LogP contribution in [-0.4, -0.2) is 29.8 Å². The predicted molar refractivity (Wildman–Crippen MR) is 76.4 cm³/mol. The first kappa shape index (κ1) is 14.4. The first-order chi connectivity index (χ1) is 7.88. The van der Waals surface area contributed by atoms with Crippen LogP contribution in [0.25, 0.3) is 0 Å². The van der Waals surface area contributed by atoms with E-state index in [-0.39, 0.29) is 0 Å². The standard InChI is InChI=1S/C14H29NS/c1-2-14-10-6-5-8-12-15(14)11-7-3-4-9-13-16/h14,16H,2-13H2,1H3.